The SMILES string of the molecule is CC.CC[C@H](C)[C@@H]([C@@H](CC(C)=O)OC)N(C)C(=O)[C@@H](CC(=O)[C@H](C(C)C)N(C)C(=O)OCc1ccc(CC(=O)CCCCCN2C(=O)CC(SC)C2=O)cc1)C(C)C.CO[C@H]([C@@H](C)C(=O)C[C@H](C)[C@@H](O)c1ccccc1)[C@@H]1CCCN1C.[HH]. The summed E-state index contributed by atoms with van der Waals surface area (Å²) >= 11 is 1.40. The molecule has 0 aromatic heterocycles. The van der Waals surface area contributed by atoms with Crippen LogP contribution in [0.1, 0.15) is 171 Å². The van der Waals surface area contributed by atoms with Crippen molar-refractivity contribution in [2.75, 3.05) is 54.7 Å². The lowest BCUT2D eigenvalue weighted by molar-refractivity contribution is -0.146. The molecule has 0 bridgehead atoms. The van der Waals surface area contributed by atoms with E-state index in [1.165, 1.54) is 35.5 Å². The molecule has 16 nitrogen and oxygen atoms in total. The summed E-state index contributed by atoms with van der Waals surface area (Å²) in [4.78, 5) is 110. The van der Waals surface area contributed by atoms with Gasteiger partial charge in [0.2, 0.25) is 17.7 Å². The van der Waals surface area contributed by atoms with E-state index in [0.717, 1.165) is 48.9 Å². The van der Waals surface area contributed by atoms with Gasteiger partial charge in [-0.3, -0.25) is 38.5 Å². The van der Waals surface area contributed by atoms with Gasteiger partial charge in [-0.05, 0) is 92.8 Å². The van der Waals surface area contributed by atoms with E-state index < -0.39 is 30.3 Å². The van der Waals surface area contributed by atoms with Crippen molar-refractivity contribution in [1.82, 2.24) is 19.6 Å². The number of benzene rings is 2. The van der Waals surface area contributed by atoms with E-state index in [9.17, 15) is 43.5 Å². The first-order valence-corrected chi connectivity index (χ1v) is 31.3. The zero-order chi connectivity index (χ0) is 62.0. The van der Waals surface area contributed by atoms with Crippen molar-refractivity contribution < 1.29 is 59.1 Å². The normalized spacial score (nSPS) is 18.7. The van der Waals surface area contributed by atoms with Crippen LogP contribution in [0.15, 0.2) is 54.6 Å². The highest BCUT2D eigenvalue weighted by Crippen LogP contribution is 2.31. The maximum atomic E-state index is 14.1. The van der Waals surface area contributed by atoms with Gasteiger partial charge in [0.15, 0.2) is 5.78 Å². The third-order valence-electron chi connectivity index (χ3n) is 16.4. The van der Waals surface area contributed by atoms with E-state index in [-0.39, 0.29) is 122 Å². The first-order chi connectivity index (χ1) is 38.8. The molecule has 2 heterocycles. The van der Waals surface area contributed by atoms with Crippen molar-refractivity contribution in [2.24, 2.45) is 35.5 Å². The third kappa shape index (κ3) is 22.3. The molecule has 464 valence electrons. The van der Waals surface area contributed by atoms with E-state index in [2.05, 4.69) is 11.9 Å². The van der Waals surface area contributed by atoms with E-state index in [0.29, 0.717) is 38.3 Å². The van der Waals surface area contributed by atoms with Crippen LogP contribution in [0.5, 0.6) is 0 Å². The molecule has 2 fully saturated rings. The standard InChI is InChI=1S/C43H67N3O9S.C20H31NO3.C2H6.H2/c1-12-29(6)40(36(54-10)22-30(7)47)44(8)41(51)34(27(2)3)24-35(49)39(28(4)5)45(9)43(53)55-26-32-19-17-31(18-20-32)23-33(48)16-14-13-15-21-46-38(50)25-37(56-11)42(46)52;1-14(19(23)16-9-6-5-7-10-16)13-18(22)15(2)20(24-4)17-11-8-12-21(17)3;1-2;/h17-20,27-29,34,36-37,39-40H,12-16,21-26H2,1-11H3;5-7,9-10,14-15,17,19-20,23H,8,11-13H2,1-4H3;1-2H3;1H/t29-,34-,36+,37?,39-,40-;14-,15-,17-,19+,20+;;/m00../s1. The van der Waals surface area contributed by atoms with Gasteiger partial charge in [0.05, 0.1) is 35.6 Å². The van der Waals surface area contributed by atoms with Crippen LogP contribution in [-0.4, -0.2) is 162 Å². The predicted molar refractivity (Wildman–Crippen MR) is 328 cm³/mol. The summed E-state index contributed by atoms with van der Waals surface area (Å²) in [6.45, 7) is 22.4. The number of hydrogen-bond donors (Lipinski definition) is 1. The Hall–Kier alpha value is -4.81. The highest BCUT2D eigenvalue weighted by molar-refractivity contribution is 8.00. The number of methoxy groups -OCH3 is 2. The number of amides is 4. The summed E-state index contributed by atoms with van der Waals surface area (Å²) in [6, 6.07) is 16.0. The van der Waals surface area contributed by atoms with Crippen molar-refractivity contribution in [1.29, 1.82) is 0 Å². The van der Waals surface area contributed by atoms with Crippen LogP contribution in [0.4, 0.5) is 4.79 Å². The Morgan fingerprint density at radius 2 is 1.41 bits per heavy atom. The number of rotatable bonds is 33. The molecule has 0 spiro atoms. The Morgan fingerprint density at radius 3 is 1.93 bits per heavy atom. The van der Waals surface area contributed by atoms with Crippen LogP contribution in [0, 0.1) is 35.5 Å². The Labute approximate surface area is 498 Å². The molecule has 1 unspecified atom stereocenters. The lowest BCUT2D eigenvalue weighted by atomic mass is 9.83. The van der Waals surface area contributed by atoms with Gasteiger partial charge in [-0.25, -0.2) is 4.79 Å². The topological polar surface area (TPSA) is 197 Å². The lowest BCUT2D eigenvalue weighted by Gasteiger charge is -2.40. The zero-order valence-corrected chi connectivity index (χ0v) is 53.8. The Morgan fingerprint density at radius 1 is 0.793 bits per heavy atom. The third-order valence-corrected chi connectivity index (χ3v) is 17.4. The average molecular weight is 1170 g/mol. The molecule has 4 rings (SSSR count). The van der Waals surface area contributed by atoms with E-state index >= 15 is 0 Å². The number of imide groups is 1. The lowest BCUT2D eigenvalue weighted by Crippen LogP contribution is -2.53. The van der Waals surface area contributed by atoms with Crippen LogP contribution in [0.3, 0.4) is 0 Å². The summed E-state index contributed by atoms with van der Waals surface area (Å²) < 4.78 is 17.0. The number of Topliss-reactive ketones (excluding diaryl/α,β-unsaturated/α-hetero) is 4. The molecule has 0 radical (unpaired) electrons. The number of thioether (sulfide) groups is 1. The summed E-state index contributed by atoms with van der Waals surface area (Å²) in [6.07, 6.45) is 6.56. The highest BCUT2D eigenvalue weighted by atomic mass is 32.2. The minimum Gasteiger partial charge on any atom is -0.445 e. The smallest absolute Gasteiger partial charge is 0.410 e. The van der Waals surface area contributed by atoms with Crippen LogP contribution in [-0.2, 0) is 60.8 Å². The fraction of sp³-hybridized carbons (Fsp3) is 0.692. The second-order valence-electron chi connectivity index (χ2n) is 23.2. The number of carbonyl (C=O) groups excluding carboxylic acids is 8. The average Bonchev–Trinajstić information content (AvgIpc) is 4.14. The molecule has 0 saturated carbocycles. The number of ketones is 4. The molecule has 0 aliphatic carbocycles. The predicted octanol–water partition coefficient (Wildman–Crippen LogP) is 10.9. The Bertz CT molecular complexity index is 2310. The zero-order valence-electron chi connectivity index (χ0n) is 52.9. The molecule has 2 aromatic carbocycles. The van der Waals surface area contributed by atoms with Gasteiger partial charge >= 0.3 is 6.09 Å². The van der Waals surface area contributed by atoms with Gasteiger partial charge in [0, 0.05) is 92.7 Å². The first kappa shape index (κ1) is 73.3. The number of likely N-dealkylation sites (N-methyl/N-ethyl adjacent to an activating group) is 3. The number of aliphatic hydroxyl groups is 1. The fourth-order valence-corrected chi connectivity index (χ4v) is 12.0. The molecular weight excluding hydrogens is 1060 g/mol. The summed E-state index contributed by atoms with van der Waals surface area (Å²) in [5, 5.41) is 10.2. The number of ether oxygens (including phenoxy) is 3. The molecule has 2 aromatic rings. The monoisotopic (exact) mass is 1170 g/mol. The minimum absolute atomic E-state index is 0. The molecule has 2 aliphatic rings. The summed E-state index contributed by atoms with van der Waals surface area (Å²) in [5.41, 5.74) is 2.44. The Balaban J connectivity index is 0.00000106. The Kier molecular flexibility index (Phi) is 33.5. The van der Waals surface area contributed by atoms with Crippen molar-refractivity contribution in [3.05, 3.63) is 71.3 Å². The van der Waals surface area contributed by atoms with Crippen LogP contribution in [0.25, 0.3) is 0 Å². The maximum Gasteiger partial charge on any atom is 0.410 e. The molecule has 82 heavy (non-hydrogen) atoms. The second-order valence-corrected chi connectivity index (χ2v) is 24.3. The van der Waals surface area contributed by atoms with E-state index in [4.69, 9.17) is 14.2 Å². The van der Waals surface area contributed by atoms with Gasteiger partial charge in [-0.1, -0.05) is 137 Å². The molecule has 4 amide bonds. The number of unbranched alkanes of at least 4 members (excludes halogenated alkanes) is 2. The van der Waals surface area contributed by atoms with Crippen LogP contribution >= 0.6 is 11.8 Å². The molecule has 11 atom stereocenters. The number of nitrogens with zero attached hydrogens (tertiary/aromatic N) is 4. The van der Waals surface area contributed by atoms with E-state index in [1.54, 1.807) is 38.3 Å². The fourth-order valence-electron chi connectivity index (χ4n) is 11.3. The first-order valence-electron chi connectivity index (χ1n) is 30.0. The van der Waals surface area contributed by atoms with Gasteiger partial charge in [-0.15, -0.1) is 0 Å². The molecule has 2 aliphatic heterocycles. The molecule has 2 saturated heterocycles. The maximum absolute atomic E-state index is 14.1. The van der Waals surface area contributed by atoms with Crippen molar-refractivity contribution >= 4 is 58.7 Å². The molecule has 17 heteroatoms. The molecular formula is C65H106N4O12S. The van der Waals surface area contributed by atoms with Crippen molar-refractivity contribution in [2.45, 2.75) is 202 Å². The van der Waals surface area contributed by atoms with Gasteiger partial charge < -0.3 is 34.0 Å². The van der Waals surface area contributed by atoms with Gasteiger partial charge in [-0.2, -0.15) is 11.8 Å². The number of likely N-dealkylation sites (tertiary alicyclic amines) is 2. The van der Waals surface area contributed by atoms with Crippen molar-refractivity contribution in [3.8, 4) is 0 Å². The largest absolute Gasteiger partial charge is 0.445 e. The summed E-state index contributed by atoms with van der Waals surface area (Å²) in [7, 11) is 8.60. The van der Waals surface area contributed by atoms with E-state index in [1.807, 2.05) is 118 Å². The summed E-state index contributed by atoms with van der Waals surface area (Å²) in [5.74, 6) is -1.70. The minimum atomic E-state index is -0.817. The van der Waals surface area contributed by atoms with Crippen LogP contribution < -0.4 is 0 Å². The number of aliphatic hydroxyl groups excluding tert-OH is 1. The quantitative estimate of drug-likeness (QED) is 0.0523. The molecule has 1 N–H and O–H groups in total. The number of carbonyl (C=O) groups is 8. The van der Waals surface area contributed by atoms with Crippen molar-refractivity contribution in [3.63, 3.8) is 0 Å². The second kappa shape index (κ2) is 37.5. The number of hydrogen-bond acceptors (Lipinski definition) is 14. The highest BCUT2D eigenvalue weighted by Gasteiger charge is 2.41. The van der Waals surface area contributed by atoms with Gasteiger partial charge in [0.25, 0.3) is 0 Å². The van der Waals surface area contributed by atoms with Gasteiger partial charge in [0.1, 0.15) is 24.0 Å². The van der Waals surface area contributed by atoms with Crippen LogP contribution in [0.2, 0.25) is 0 Å².